The summed E-state index contributed by atoms with van der Waals surface area (Å²) < 4.78 is 14.2. The van der Waals surface area contributed by atoms with Crippen molar-refractivity contribution in [1.82, 2.24) is 29.9 Å². The Bertz CT molecular complexity index is 1600. The first kappa shape index (κ1) is 20.9. The lowest BCUT2D eigenvalue weighted by Crippen LogP contribution is -2.51. The van der Waals surface area contributed by atoms with Crippen molar-refractivity contribution < 1.29 is 9.47 Å². The van der Waals surface area contributed by atoms with E-state index < -0.39 is 0 Å². The van der Waals surface area contributed by atoms with Gasteiger partial charge in [0.25, 0.3) is 0 Å². The lowest BCUT2D eigenvalue weighted by molar-refractivity contribution is 0.273. The van der Waals surface area contributed by atoms with Gasteiger partial charge in [0.05, 0.1) is 22.6 Å². The number of aromatic nitrogens is 5. The summed E-state index contributed by atoms with van der Waals surface area (Å²) in [7, 11) is 0. The average molecular weight is 481 g/mol. The van der Waals surface area contributed by atoms with E-state index >= 15 is 0 Å². The predicted octanol–water partition coefficient (Wildman–Crippen LogP) is 3.69. The van der Waals surface area contributed by atoms with E-state index in [1.165, 1.54) is 6.33 Å². The van der Waals surface area contributed by atoms with E-state index in [4.69, 9.17) is 9.47 Å². The number of fused-ring (bicyclic) bond motifs is 7. The first-order valence-corrected chi connectivity index (χ1v) is 11.9. The SMILES string of the molecule is Cc1cc(Nc2ncnc3ccc4c(c23)OC[C@@H]2CN4CCN2)ccc1Oc1ccn2ncnc2c1. The molecule has 1 fully saturated rings. The molecule has 36 heavy (non-hydrogen) atoms. The van der Waals surface area contributed by atoms with Crippen LogP contribution in [0.2, 0.25) is 0 Å². The quantitative estimate of drug-likeness (QED) is 0.399. The molecule has 1 saturated heterocycles. The molecule has 5 aromatic rings. The third-order valence-electron chi connectivity index (χ3n) is 6.68. The minimum absolute atomic E-state index is 0.308. The largest absolute Gasteiger partial charge is 0.489 e. The zero-order valence-corrected chi connectivity index (χ0v) is 19.7. The van der Waals surface area contributed by atoms with Crippen LogP contribution in [0.5, 0.6) is 17.2 Å². The van der Waals surface area contributed by atoms with Crippen molar-refractivity contribution in [2.75, 3.05) is 36.5 Å². The minimum Gasteiger partial charge on any atom is -0.489 e. The lowest BCUT2D eigenvalue weighted by atomic mass is 10.1. The molecule has 0 amide bonds. The first-order valence-electron chi connectivity index (χ1n) is 11.9. The molecule has 0 spiro atoms. The Morgan fingerprint density at radius 3 is 3.00 bits per heavy atom. The van der Waals surface area contributed by atoms with Gasteiger partial charge in [-0.3, -0.25) is 0 Å². The second-order valence-electron chi connectivity index (χ2n) is 9.07. The van der Waals surface area contributed by atoms with Gasteiger partial charge in [0.2, 0.25) is 0 Å². The van der Waals surface area contributed by atoms with Crippen molar-refractivity contribution in [3.8, 4) is 17.2 Å². The number of anilines is 3. The fourth-order valence-corrected chi connectivity index (χ4v) is 4.91. The van der Waals surface area contributed by atoms with E-state index in [0.29, 0.717) is 24.2 Å². The van der Waals surface area contributed by atoms with Crippen LogP contribution in [0, 0.1) is 6.92 Å². The van der Waals surface area contributed by atoms with E-state index in [1.54, 1.807) is 10.8 Å². The Balaban J connectivity index is 1.21. The molecule has 7 rings (SSSR count). The van der Waals surface area contributed by atoms with Crippen molar-refractivity contribution in [3.63, 3.8) is 0 Å². The van der Waals surface area contributed by atoms with Gasteiger partial charge in [0.1, 0.15) is 36.6 Å². The highest BCUT2D eigenvalue weighted by Gasteiger charge is 2.28. The van der Waals surface area contributed by atoms with Gasteiger partial charge in [0.15, 0.2) is 11.4 Å². The minimum atomic E-state index is 0.308. The molecule has 2 bridgehead atoms. The van der Waals surface area contributed by atoms with Gasteiger partial charge in [0, 0.05) is 37.6 Å². The molecule has 3 aromatic heterocycles. The van der Waals surface area contributed by atoms with Gasteiger partial charge in [-0.1, -0.05) is 0 Å². The summed E-state index contributed by atoms with van der Waals surface area (Å²) in [5.74, 6) is 3.02. The van der Waals surface area contributed by atoms with Crippen LogP contribution in [0.15, 0.2) is 61.3 Å². The molecule has 0 unspecified atom stereocenters. The standard InChI is InChI=1S/C26H24N8O2/c1-16-10-17(2-5-22(16)36-19-6-8-34-23(11-19)29-15-31-34)32-26-24-20(28-14-30-26)3-4-21-25(24)35-13-18-12-33(21)9-7-27-18/h2-6,8,10-11,14-15,18,27H,7,9,12-13H2,1H3,(H,28,30,32)/t18-/m0/s1. The number of hydrogen-bond acceptors (Lipinski definition) is 9. The molecule has 0 aliphatic carbocycles. The zero-order valence-electron chi connectivity index (χ0n) is 19.7. The molecule has 0 radical (unpaired) electrons. The van der Waals surface area contributed by atoms with Crippen LogP contribution in [0.25, 0.3) is 16.6 Å². The number of pyridine rings is 1. The van der Waals surface area contributed by atoms with Gasteiger partial charge in [-0.25, -0.2) is 19.5 Å². The highest BCUT2D eigenvalue weighted by atomic mass is 16.5. The van der Waals surface area contributed by atoms with Crippen molar-refractivity contribution >= 4 is 33.7 Å². The third-order valence-corrected chi connectivity index (χ3v) is 6.68. The molecule has 5 heterocycles. The van der Waals surface area contributed by atoms with E-state index in [-0.39, 0.29) is 0 Å². The lowest BCUT2D eigenvalue weighted by Gasteiger charge is -2.32. The van der Waals surface area contributed by atoms with Crippen LogP contribution in [0.1, 0.15) is 5.56 Å². The first-order chi connectivity index (χ1) is 17.7. The van der Waals surface area contributed by atoms with Gasteiger partial charge in [-0.15, -0.1) is 0 Å². The molecule has 1 atom stereocenters. The molecule has 2 aliphatic rings. The molecule has 0 saturated carbocycles. The molecule has 10 heteroatoms. The second kappa shape index (κ2) is 8.35. The van der Waals surface area contributed by atoms with E-state index in [9.17, 15) is 0 Å². The highest BCUT2D eigenvalue weighted by molar-refractivity contribution is 6.00. The fourth-order valence-electron chi connectivity index (χ4n) is 4.91. The van der Waals surface area contributed by atoms with Gasteiger partial charge < -0.3 is 25.0 Å². The maximum Gasteiger partial charge on any atom is 0.158 e. The topological polar surface area (TPSA) is 102 Å². The maximum absolute atomic E-state index is 6.33. The third kappa shape index (κ3) is 3.62. The molecule has 2 N–H and O–H groups in total. The molecule has 2 aliphatic heterocycles. The van der Waals surface area contributed by atoms with Gasteiger partial charge >= 0.3 is 0 Å². The Kier molecular flexibility index (Phi) is 4.84. The Hall–Kier alpha value is -4.44. The van der Waals surface area contributed by atoms with Crippen molar-refractivity contribution in [2.45, 2.75) is 13.0 Å². The van der Waals surface area contributed by atoms with Gasteiger partial charge in [-0.05, 0) is 48.9 Å². The summed E-state index contributed by atoms with van der Waals surface area (Å²) in [5.41, 5.74) is 4.56. The van der Waals surface area contributed by atoms with Crippen LogP contribution >= 0.6 is 0 Å². The normalized spacial score (nSPS) is 16.9. The average Bonchev–Trinajstić information content (AvgIpc) is 3.32. The summed E-state index contributed by atoms with van der Waals surface area (Å²) in [5, 5.41) is 12.0. The number of nitrogens with one attached hydrogen (secondary N) is 2. The molecule has 10 nitrogen and oxygen atoms in total. The number of rotatable bonds is 4. The van der Waals surface area contributed by atoms with Crippen LogP contribution in [0.3, 0.4) is 0 Å². The monoisotopic (exact) mass is 480 g/mol. The van der Waals surface area contributed by atoms with Crippen LogP contribution in [0.4, 0.5) is 17.2 Å². The smallest absolute Gasteiger partial charge is 0.158 e. The summed E-state index contributed by atoms with van der Waals surface area (Å²) in [4.78, 5) is 15.7. The number of nitrogens with zero attached hydrogens (tertiary/aromatic N) is 6. The summed E-state index contributed by atoms with van der Waals surface area (Å²) in [6.45, 7) is 5.45. The van der Waals surface area contributed by atoms with Crippen LogP contribution in [-0.2, 0) is 0 Å². The summed E-state index contributed by atoms with van der Waals surface area (Å²) >= 11 is 0. The molecule has 2 aromatic carbocycles. The highest BCUT2D eigenvalue weighted by Crippen LogP contribution is 2.41. The molecular weight excluding hydrogens is 456 g/mol. The Labute approximate surface area is 206 Å². The van der Waals surface area contributed by atoms with E-state index in [1.807, 2.05) is 49.5 Å². The van der Waals surface area contributed by atoms with Crippen molar-refractivity contribution in [2.24, 2.45) is 0 Å². The number of ether oxygens (including phenoxy) is 2. The van der Waals surface area contributed by atoms with Crippen molar-refractivity contribution in [3.05, 3.63) is 66.9 Å². The zero-order chi connectivity index (χ0) is 24.1. The maximum atomic E-state index is 6.33. The molecule has 180 valence electrons. The van der Waals surface area contributed by atoms with Gasteiger partial charge in [-0.2, -0.15) is 5.10 Å². The number of aryl methyl sites for hydroxylation is 1. The molecular formula is C26H24N8O2. The Morgan fingerprint density at radius 2 is 2.06 bits per heavy atom. The number of benzene rings is 2. The van der Waals surface area contributed by atoms with E-state index in [0.717, 1.165) is 64.6 Å². The second-order valence-corrected chi connectivity index (χ2v) is 9.07. The predicted molar refractivity (Wildman–Crippen MR) is 137 cm³/mol. The fraction of sp³-hybridized carbons (Fsp3) is 0.231. The van der Waals surface area contributed by atoms with Crippen LogP contribution in [-0.4, -0.2) is 56.8 Å². The Morgan fingerprint density at radius 1 is 1.08 bits per heavy atom. The van der Waals surface area contributed by atoms with Crippen molar-refractivity contribution in [1.29, 1.82) is 0 Å². The van der Waals surface area contributed by atoms with E-state index in [2.05, 4.69) is 41.7 Å². The number of hydrogen-bond donors (Lipinski definition) is 2. The summed E-state index contributed by atoms with van der Waals surface area (Å²) in [6, 6.07) is 14.2. The number of piperazine rings is 1. The van der Waals surface area contributed by atoms with Crippen LogP contribution < -0.4 is 25.0 Å². The summed E-state index contributed by atoms with van der Waals surface area (Å²) in [6.07, 6.45) is 4.93.